The second-order valence-electron chi connectivity index (χ2n) is 2.79. The Morgan fingerprint density at radius 2 is 1.57 bits per heavy atom. The van der Waals surface area contributed by atoms with Gasteiger partial charge >= 0.3 is 5.97 Å². The lowest BCUT2D eigenvalue weighted by Gasteiger charge is -2.10. The molecule has 0 heterocycles. The Hall–Kier alpha value is -1.71. The predicted octanol–water partition coefficient (Wildman–Crippen LogP) is 1.58. The highest BCUT2D eigenvalue weighted by Gasteiger charge is 2.13. The molecule has 0 atom stereocenters. The van der Waals surface area contributed by atoms with Gasteiger partial charge in [0.15, 0.2) is 0 Å². The van der Waals surface area contributed by atoms with Crippen LogP contribution in [0.4, 0.5) is 0 Å². The van der Waals surface area contributed by atoms with E-state index < -0.39 is 5.97 Å². The predicted molar refractivity (Wildman–Crippen MR) is 49.3 cm³/mol. The minimum atomic E-state index is -1.25. The second-order valence-corrected chi connectivity index (χ2v) is 2.79. The minimum Gasteiger partial charge on any atom is -0.496 e. The molecule has 4 nitrogen and oxygen atoms in total. The Labute approximate surface area is 82.1 Å². The molecule has 4 heteroatoms. The van der Waals surface area contributed by atoms with Crippen molar-refractivity contribution < 1.29 is 19.4 Å². The lowest BCUT2D eigenvalue weighted by atomic mass is 10.1. The molecule has 1 aromatic carbocycles. The molecule has 0 spiro atoms. The van der Waals surface area contributed by atoms with Gasteiger partial charge in [0, 0.05) is 5.56 Å². The van der Waals surface area contributed by atoms with Crippen LogP contribution in [-0.2, 0) is 5.11 Å². The van der Waals surface area contributed by atoms with Crippen molar-refractivity contribution in [1.82, 2.24) is 0 Å². The third kappa shape index (κ3) is 1.79. The van der Waals surface area contributed by atoms with Crippen molar-refractivity contribution in [2.45, 2.75) is 6.92 Å². The van der Waals surface area contributed by atoms with Gasteiger partial charge in [-0.2, -0.15) is 0 Å². The van der Waals surface area contributed by atoms with Crippen LogP contribution in [0.2, 0.25) is 0 Å². The third-order valence-corrected chi connectivity index (χ3v) is 1.99. The Balaban J connectivity index is 3.32. The monoisotopic (exact) mass is 195 g/mol. The number of carbonyl (C=O) groups is 1. The van der Waals surface area contributed by atoms with Gasteiger partial charge in [0.05, 0.1) is 19.8 Å². The Morgan fingerprint density at radius 1 is 1.14 bits per heavy atom. The van der Waals surface area contributed by atoms with Gasteiger partial charge < -0.3 is 9.47 Å². The minimum absolute atomic E-state index is 0.0456. The molecule has 0 aliphatic rings. The first kappa shape index (κ1) is 10.4. The van der Waals surface area contributed by atoms with Crippen LogP contribution in [0, 0.1) is 6.92 Å². The topological polar surface area (TPSA) is 55.4 Å². The Kier molecular flexibility index (Phi) is 2.96. The van der Waals surface area contributed by atoms with Crippen molar-refractivity contribution in [2.24, 2.45) is 0 Å². The van der Waals surface area contributed by atoms with Gasteiger partial charge in [0.2, 0.25) is 0 Å². The molecular formula is C10H11O4. The summed E-state index contributed by atoms with van der Waals surface area (Å²) in [5.74, 6) is -0.297. The number of ether oxygens (including phenoxy) is 2. The van der Waals surface area contributed by atoms with E-state index in [4.69, 9.17) is 9.47 Å². The number of benzene rings is 1. The van der Waals surface area contributed by atoms with Gasteiger partial charge in [-0.05, 0) is 19.1 Å². The average Bonchev–Trinajstić information content (AvgIpc) is 2.17. The van der Waals surface area contributed by atoms with Crippen LogP contribution in [0.25, 0.3) is 0 Å². The van der Waals surface area contributed by atoms with Crippen LogP contribution in [0.3, 0.4) is 0 Å². The van der Waals surface area contributed by atoms with Gasteiger partial charge in [0.1, 0.15) is 11.5 Å². The highest BCUT2D eigenvalue weighted by Crippen LogP contribution is 2.29. The molecular weight excluding hydrogens is 184 g/mol. The molecule has 0 unspecified atom stereocenters. The van der Waals surface area contributed by atoms with Crippen LogP contribution >= 0.6 is 0 Å². The number of methoxy groups -OCH3 is 2. The summed E-state index contributed by atoms with van der Waals surface area (Å²) in [7, 11) is 2.95. The van der Waals surface area contributed by atoms with Crippen molar-refractivity contribution in [3.8, 4) is 11.5 Å². The molecule has 0 saturated carbocycles. The summed E-state index contributed by atoms with van der Waals surface area (Å²) >= 11 is 0. The van der Waals surface area contributed by atoms with Crippen LogP contribution < -0.4 is 9.47 Å². The van der Waals surface area contributed by atoms with E-state index in [0.717, 1.165) is 5.56 Å². The second kappa shape index (κ2) is 4.00. The number of hydrogen-bond acceptors (Lipinski definition) is 3. The fraction of sp³-hybridized carbons (Fsp3) is 0.300. The van der Waals surface area contributed by atoms with Crippen molar-refractivity contribution >= 4 is 5.97 Å². The van der Waals surface area contributed by atoms with Gasteiger partial charge in [0.25, 0.3) is 0 Å². The first-order valence-corrected chi connectivity index (χ1v) is 4.04. The SMILES string of the molecule is COc1cc(C([O])=O)cc(OC)c1C. The van der Waals surface area contributed by atoms with E-state index in [1.54, 1.807) is 6.92 Å². The summed E-state index contributed by atoms with van der Waals surface area (Å²) in [5.41, 5.74) is 0.810. The summed E-state index contributed by atoms with van der Waals surface area (Å²) in [4.78, 5) is 10.6. The maximum atomic E-state index is 10.6. The number of rotatable bonds is 3. The quantitative estimate of drug-likeness (QED) is 0.735. The van der Waals surface area contributed by atoms with E-state index in [1.807, 2.05) is 0 Å². The number of hydrogen-bond donors (Lipinski definition) is 0. The van der Waals surface area contributed by atoms with Crippen LogP contribution in [0.1, 0.15) is 15.9 Å². The summed E-state index contributed by atoms with van der Waals surface area (Å²) < 4.78 is 10.0. The Morgan fingerprint density at radius 3 is 1.86 bits per heavy atom. The normalized spacial score (nSPS) is 9.64. The zero-order valence-electron chi connectivity index (χ0n) is 8.29. The van der Waals surface area contributed by atoms with Gasteiger partial charge in [-0.15, -0.1) is 0 Å². The maximum Gasteiger partial charge on any atom is 0.386 e. The van der Waals surface area contributed by atoms with Crippen LogP contribution in [-0.4, -0.2) is 20.2 Å². The Bertz CT molecular complexity index is 332. The molecule has 0 N–H and O–H groups in total. The fourth-order valence-corrected chi connectivity index (χ4v) is 1.20. The lowest BCUT2D eigenvalue weighted by molar-refractivity contribution is 0.0572. The van der Waals surface area contributed by atoms with E-state index >= 15 is 0 Å². The highest BCUT2D eigenvalue weighted by molar-refractivity contribution is 5.88. The van der Waals surface area contributed by atoms with E-state index in [9.17, 15) is 9.90 Å². The molecule has 14 heavy (non-hydrogen) atoms. The molecule has 0 amide bonds. The summed E-state index contributed by atoms with van der Waals surface area (Å²) in [6.07, 6.45) is 0. The molecule has 1 aromatic rings. The third-order valence-electron chi connectivity index (χ3n) is 1.99. The summed E-state index contributed by atoms with van der Waals surface area (Å²) in [5, 5.41) is 10.6. The number of carbonyl (C=O) groups excluding carboxylic acids is 1. The van der Waals surface area contributed by atoms with E-state index in [2.05, 4.69) is 0 Å². The first-order chi connectivity index (χ1) is 6.60. The van der Waals surface area contributed by atoms with Gasteiger partial charge in [-0.1, -0.05) is 0 Å². The average molecular weight is 195 g/mol. The van der Waals surface area contributed by atoms with Crippen molar-refractivity contribution in [3.05, 3.63) is 23.3 Å². The van der Waals surface area contributed by atoms with Crippen molar-refractivity contribution in [3.63, 3.8) is 0 Å². The van der Waals surface area contributed by atoms with E-state index in [0.29, 0.717) is 11.5 Å². The summed E-state index contributed by atoms with van der Waals surface area (Å²) in [6.45, 7) is 1.79. The van der Waals surface area contributed by atoms with Gasteiger partial charge in [-0.3, -0.25) is 0 Å². The van der Waals surface area contributed by atoms with E-state index in [1.165, 1.54) is 26.4 Å². The smallest absolute Gasteiger partial charge is 0.386 e. The molecule has 0 aromatic heterocycles. The van der Waals surface area contributed by atoms with Gasteiger partial charge in [-0.25, -0.2) is 9.90 Å². The maximum absolute atomic E-state index is 10.6. The van der Waals surface area contributed by atoms with E-state index in [-0.39, 0.29) is 5.56 Å². The lowest BCUT2D eigenvalue weighted by Crippen LogP contribution is -1.99. The first-order valence-electron chi connectivity index (χ1n) is 4.04. The molecule has 0 saturated heterocycles. The molecule has 75 valence electrons. The zero-order chi connectivity index (χ0) is 10.7. The summed E-state index contributed by atoms with van der Waals surface area (Å²) in [6, 6.07) is 2.82. The van der Waals surface area contributed by atoms with Crippen LogP contribution in [0.5, 0.6) is 11.5 Å². The van der Waals surface area contributed by atoms with Crippen LogP contribution in [0.15, 0.2) is 12.1 Å². The molecule has 1 radical (unpaired) electrons. The molecule has 0 fully saturated rings. The largest absolute Gasteiger partial charge is 0.496 e. The van der Waals surface area contributed by atoms with Crippen molar-refractivity contribution in [1.29, 1.82) is 0 Å². The molecule has 0 aliphatic carbocycles. The highest BCUT2D eigenvalue weighted by atomic mass is 16.5. The fourth-order valence-electron chi connectivity index (χ4n) is 1.20. The molecule has 0 bridgehead atoms. The van der Waals surface area contributed by atoms with Crippen molar-refractivity contribution in [2.75, 3.05) is 14.2 Å². The zero-order valence-corrected chi connectivity index (χ0v) is 8.29. The standard InChI is InChI=1S/C10H11O4/c1-6-8(13-2)4-7(10(11)12)5-9(6)14-3/h4-5H,1-3H3. The molecule has 1 rings (SSSR count). The molecule has 0 aliphatic heterocycles.